The van der Waals surface area contributed by atoms with Crippen LogP contribution in [0.25, 0.3) is 22.5 Å². The first kappa shape index (κ1) is 15.5. The molecule has 1 aromatic heterocycles. The standard InChI is InChI=1S/C16H10BN3O4/c17-18-15(11-1-5-13(6-2-11)19(21)22)9-10-16(18)12-3-7-14(8-4-12)20(23)24/h1-10H. The summed E-state index contributed by atoms with van der Waals surface area (Å²) in [4.78, 5) is 20.5. The predicted molar refractivity (Wildman–Crippen MR) is 89.8 cm³/mol. The predicted octanol–water partition coefficient (Wildman–Crippen LogP) is 3.57. The van der Waals surface area contributed by atoms with Crippen LogP contribution >= 0.6 is 0 Å². The number of nitro groups is 2. The van der Waals surface area contributed by atoms with E-state index < -0.39 is 9.85 Å². The topological polar surface area (TPSA) is 91.2 Å². The Morgan fingerprint density at radius 3 is 1.29 bits per heavy atom. The van der Waals surface area contributed by atoms with Gasteiger partial charge in [-0.2, -0.15) is 0 Å². The normalized spacial score (nSPS) is 10.5. The number of benzene rings is 2. The van der Waals surface area contributed by atoms with Gasteiger partial charge in [-0.05, 0) is 47.5 Å². The quantitative estimate of drug-likeness (QED) is 0.417. The van der Waals surface area contributed by atoms with E-state index in [-0.39, 0.29) is 11.4 Å². The zero-order chi connectivity index (χ0) is 17.3. The molecule has 3 rings (SSSR count). The average Bonchev–Trinajstić information content (AvgIpc) is 2.96. The van der Waals surface area contributed by atoms with E-state index >= 15 is 0 Å². The molecule has 0 aliphatic heterocycles. The van der Waals surface area contributed by atoms with Gasteiger partial charge in [-0.15, -0.1) is 0 Å². The van der Waals surface area contributed by atoms with Crippen LogP contribution in [0.4, 0.5) is 11.4 Å². The summed E-state index contributed by atoms with van der Waals surface area (Å²) in [6.07, 6.45) is 0. The van der Waals surface area contributed by atoms with Crippen LogP contribution in [-0.2, 0) is 0 Å². The number of hydrogen-bond donors (Lipinski definition) is 0. The largest absolute Gasteiger partial charge is 0.397 e. The van der Waals surface area contributed by atoms with Crippen LogP contribution in [0.3, 0.4) is 0 Å². The fraction of sp³-hybridized carbons (Fsp3) is 0. The lowest BCUT2D eigenvalue weighted by atomic mass is 10.1. The Kier molecular flexibility index (Phi) is 3.87. The van der Waals surface area contributed by atoms with E-state index in [1.54, 1.807) is 36.4 Å². The minimum Gasteiger partial charge on any atom is -0.397 e. The van der Waals surface area contributed by atoms with Gasteiger partial charge in [0.1, 0.15) is 0 Å². The molecule has 24 heavy (non-hydrogen) atoms. The molecule has 8 heteroatoms. The van der Waals surface area contributed by atoms with E-state index in [2.05, 4.69) is 0 Å². The van der Waals surface area contributed by atoms with Gasteiger partial charge in [-0.3, -0.25) is 20.2 Å². The van der Waals surface area contributed by atoms with Crippen molar-refractivity contribution in [3.05, 3.63) is 80.9 Å². The number of nitrogens with zero attached hydrogens (tertiary/aromatic N) is 3. The summed E-state index contributed by atoms with van der Waals surface area (Å²) in [5, 5.41) is 21.4. The molecule has 0 saturated heterocycles. The number of nitro benzene ring substituents is 2. The highest BCUT2D eigenvalue weighted by atomic mass is 16.6. The molecule has 0 amide bonds. The molecule has 0 fully saturated rings. The first-order valence-corrected chi connectivity index (χ1v) is 6.94. The van der Waals surface area contributed by atoms with Gasteiger partial charge in [0.15, 0.2) is 0 Å². The maximum absolute atomic E-state index is 10.7. The van der Waals surface area contributed by atoms with Crippen LogP contribution < -0.4 is 0 Å². The third-order valence-corrected chi connectivity index (χ3v) is 3.67. The number of hydrogen-bond acceptors (Lipinski definition) is 4. The van der Waals surface area contributed by atoms with Crippen LogP contribution in [0.5, 0.6) is 0 Å². The summed E-state index contributed by atoms with van der Waals surface area (Å²) >= 11 is 0. The Bertz CT molecular complexity index is 843. The molecule has 1 heterocycles. The Hall–Kier alpha value is -3.42. The van der Waals surface area contributed by atoms with Gasteiger partial charge in [0.05, 0.1) is 9.85 Å². The van der Waals surface area contributed by atoms with Crippen LogP contribution in [0.15, 0.2) is 60.7 Å². The minimum atomic E-state index is -0.465. The molecular formula is C16H10BN3O4. The van der Waals surface area contributed by atoms with Crippen LogP contribution in [0.1, 0.15) is 0 Å². The van der Waals surface area contributed by atoms with Crippen molar-refractivity contribution in [1.82, 2.24) is 4.48 Å². The molecule has 0 atom stereocenters. The van der Waals surface area contributed by atoms with Gasteiger partial charge in [-0.25, -0.2) is 0 Å². The Balaban J connectivity index is 1.96. The molecule has 0 aliphatic rings. The smallest absolute Gasteiger partial charge is 0.269 e. The van der Waals surface area contributed by atoms with Gasteiger partial charge in [0.25, 0.3) is 11.4 Å². The number of non-ortho nitro benzene ring substituents is 2. The van der Waals surface area contributed by atoms with E-state index in [4.69, 9.17) is 7.98 Å². The Labute approximate surface area is 137 Å². The zero-order valence-corrected chi connectivity index (χ0v) is 12.3. The van der Waals surface area contributed by atoms with Gasteiger partial charge in [0.2, 0.25) is 7.98 Å². The monoisotopic (exact) mass is 319 g/mol. The lowest BCUT2D eigenvalue weighted by Gasteiger charge is -2.09. The maximum Gasteiger partial charge on any atom is 0.269 e. The van der Waals surface area contributed by atoms with Gasteiger partial charge in [-0.1, -0.05) is 0 Å². The van der Waals surface area contributed by atoms with Crippen LogP contribution in [-0.4, -0.2) is 22.3 Å². The molecule has 0 aliphatic carbocycles. The van der Waals surface area contributed by atoms with Crippen molar-refractivity contribution in [3.8, 4) is 22.5 Å². The lowest BCUT2D eigenvalue weighted by molar-refractivity contribution is -0.385. The molecule has 0 saturated carbocycles. The molecule has 0 unspecified atom stereocenters. The molecule has 7 nitrogen and oxygen atoms in total. The molecule has 3 aromatic rings. The van der Waals surface area contributed by atoms with E-state index in [1.807, 2.05) is 0 Å². The average molecular weight is 319 g/mol. The highest BCUT2D eigenvalue weighted by molar-refractivity contribution is 6.11. The molecule has 0 bridgehead atoms. The second-order valence-corrected chi connectivity index (χ2v) is 5.08. The SMILES string of the molecule is [B]n1c(-c2ccc([N+](=O)[O-])cc2)ccc1-c1ccc([N+](=O)[O-])cc1. The van der Waals surface area contributed by atoms with Crippen molar-refractivity contribution < 1.29 is 9.85 Å². The molecule has 0 N–H and O–H groups in total. The number of rotatable bonds is 4. The third-order valence-electron chi connectivity index (χ3n) is 3.67. The lowest BCUT2D eigenvalue weighted by Crippen LogP contribution is -1.98. The Morgan fingerprint density at radius 1 is 0.667 bits per heavy atom. The van der Waals surface area contributed by atoms with Gasteiger partial charge in [0, 0.05) is 35.7 Å². The molecule has 2 aromatic carbocycles. The number of aromatic nitrogens is 1. The highest BCUT2D eigenvalue weighted by Crippen LogP contribution is 2.29. The van der Waals surface area contributed by atoms with Crippen molar-refractivity contribution in [2.45, 2.75) is 0 Å². The summed E-state index contributed by atoms with van der Waals surface area (Å²) in [5.41, 5.74) is 2.83. The van der Waals surface area contributed by atoms with Crippen molar-refractivity contribution in [3.63, 3.8) is 0 Å². The third kappa shape index (κ3) is 2.77. The first-order valence-electron chi connectivity index (χ1n) is 6.94. The summed E-state index contributed by atoms with van der Waals surface area (Å²) < 4.78 is 1.45. The molecule has 0 spiro atoms. The minimum absolute atomic E-state index is 0.00414. The van der Waals surface area contributed by atoms with Crippen LogP contribution in [0, 0.1) is 20.2 Å². The zero-order valence-electron chi connectivity index (χ0n) is 12.3. The highest BCUT2D eigenvalue weighted by Gasteiger charge is 2.11. The van der Waals surface area contributed by atoms with E-state index in [9.17, 15) is 20.2 Å². The maximum atomic E-state index is 10.7. The fourth-order valence-electron chi connectivity index (χ4n) is 2.43. The fourth-order valence-corrected chi connectivity index (χ4v) is 2.43. The summed E-state index contributed by atoms with van der Waals surface area (Å²) in [7, 11) is 6.11. The van der Waals surface area contributed by atoms with Crippen LogP contribution in [0.2, 0.25) is 0 Å². The second-order valence-electron chi connectivity index (χ2n) is 5.08. The first-order chi connectivity index (χ1) is 11.5. The molecule has 116 valence electrons. The van der Waals surface area contributed by atoms with E-state index in [0.717, 1.165) is 11.1 Å². The van der Waals surface area contributed by atoms with Crippen molar-refractivity contribution in [2.24, 2.45) is 0 Å². The van der Waals surface area contributed by atoms with Crippen molar-refractivity contribution in [1.29, 1.82) is 0 Å². The second kappa shape index (κ2) is 6.00. The molecular weight excluding hydrogens is 309 g/mol. The van der Waals surface area contributed by atoms with Gasteiger partial charge < -0.3 is 4.48 Å². The molecule has 2 radical (unpaired) electrons. The van der Waals surface area contributed by atoms with E-state index in [1.165, 1.54) is 28.7 Å². The van der Waals surface area contributed by atoms with E-state index in [0.29, 0.717) is 11.4 Å². The van der Waals surface area contributed by atoms with Crippen molar-refractivity contribution >= 4 is 19.4 Å². The summed E-state index contributed by atoms with van der Waals surface area (Å²) in [5.74, 6) is 0. The summed E-state index contributed by atoms with van der Waals surface area (Å²) in [6, 6.07) is 15.7. The van der Waals surface area contributed by atoms with Gasteiger partial charge >= 0.3 is 0 Å². The Morgan fingerprint density at radius 2 is 1.00 bits per heavy atom. The summed E-state index contributed by atoms with van der Waals surface area (Å²) in [6.45, 7) is 0. The van der Waals surface area contributed by atoms with Crippen molar-refractivity contribution in [2.75, 3.05) is 0 Å².